The molecule has 18 heavy (non-hydrogen) atoms. The smallest absolute Gasteiger partial charge is 0.215 e. The van der Waals surface area contributed by atoms with Gasteiger partial charge in [-0.15, -0.1) is 0 Å². The van der Waals surface area contributed by atoms with Crippen molar-refractivity contribution in [2.45, 2.75) is 6.92 Å². The summed E-state index contributed by atoms with van der Waals surface area (Å²) in [5, 5.41) is 2.96. The van der Waals surface area contributed by atoms with E-state index in [1.807, 2.05) is 6.92 Å². The number of hydrogen-bond donors (Lipinski definition) is 1. The standard InChI is InChI=1S/C9H21N3O4S2/c1-3-10-4-9-18(15,16)12-7-5-11(6-8-12)17(2,13)14/h10H,3-9H2,1-2H3. The van der Waals surface area contributed by atoms with E-state index in [2.05, 4.69) is 5.32 Å². The van der Waals surface area contributed by atoms with Gasteiger partial charge in [0.25, 0.3) is 0 Å². The lowest BCUT2D eigenvalue weighted by molar-refractivity contribution is 0.274. The van der Waals surface area contributed by atoms with E-state index >= 15 is 0 Å². The highest BCUT2D eigenvalue weighted by Gasteiger charge is 2.29. The summed E-state index contributed by atoms with van der Waals surface area (Å²) in [5.41, 5.74) is 0. The van der Waals surface area contributed by atoms with E-state index < -0.39 is 20.0 Å². The number of hydrogen-bond acceptors (Lipinski definition) is 5. The van der Waals surface area contributed by atoms with Crippen LogP contribution >= 0.6 is 0 Å². The van der Waals surface area contributed by atoms with E-state index in [-0.39, 0.29) is 31.9 Å². The van der Waals surface area contributed by atoms with Crippen molar-refractivity contribution in [3.05, 3.63) is 0 Å². The maximum Gasteiger partial charge on any atom is 0.215 e. The monoisotopic (exact) mass is 299 g/mol. The third-order valence-electron chi connectivity index (χ3n) is 2.85. The van der Waals surface area contributed by atoms with Gasteiger partial charge < -0.3 is 5.32 Å². The Morgan fingerprint density at radius 2 is 1.50 bits per heavy atom. The van der Waals surface area contributed by atoms with Gasteiger partial charge in [-0.05, 0) is 6.54 Å². The molecule has 1 fully saturated rings. The van der Waals surface area contributed by atoms with Gasteiger partial charge in [-0.3, -0.25) is 0 Å². The molecule has 1 aliphatic rings. The van der Waals surface area contributed by atoms with Crippen molar-refractivity contribution in [2.24, 2.45) is 0 Å². The lowest BCUT2D eigenvalue weighted by atomic mass is 10.4. The zero-order valence-electron chi connectivity index (χ0n) is 10.8. The lowest BCUT2D eigenvalue weighted by Gasteiger charge is -2.32. The molecule has 0 spiro atoms. The largest absolute Gasteiger partial charge is 0.316 e. The second-order valence-electron chi connectivity index (χ2n) is 4.23. The molecule has 108 valence electrons. The van der Waals surface area contributed by atoms with Crippen LogP contribution < -0.4 is 5.32 Å². The highest BCUT2D eigenvalue weighted by molar-refractivity contribution is 7.89. The number of rotatable bonds is 6. The molecule has 0 unspecified atom stereocenters. The van der Waals surface area contributed by atoms with Gasteiger partial charge in [0.2, 0.25) is 20.0 Å². The third-order valence-corrected chi connectivity index (χ3v) is 6.02. The molecule has 1 saturated heterocycles. The lowest BCUT2D eigenvalue weighted by Crippen LogP contribution is -2.51. The Kier molecular flexibility index (Phi) is 5.53. The summed E-state index contributed by atoms with van der Waals surface area (Å²) in [4.78, 5) is 0. The SMILES string of the molecule is CCNCCS(=O)(=O)N1CCN(S(C)(=O)=O)CC1. The van der Waals surface area contributed by atoms with Crippen LogP contribution in [0.25, 0.3) is 0 Å². The summed E-state index contributed by atoms with van der Waals surface area (Å²) in [6.45, 7) is 4.02. The molecule has 0 saturated carbocycles. The Bertz CT molecular complexity index is 452. The summed E-state index contributed by atoms with van der Waals surface area (Å²) in [7, 11) is -6.49. The van der Waals surface area contributed by atoms with Crippen LogP contribution in [0.15, 0.2) is 0 Å². The van der Waals surface area contributed by atoms with Gasteiger partial charge >= 0.3 is 0 Å². The fourth-order valence-corrected chi connectivity index (χ4v) is 3.99. The van der Waals surface area contributed by atoms with Gasteiger partial charge in [0, 0.05) is 32.7 Å². The van der Waals surface area contributed by atoms with Gasteiger partial charge in [-0.25, -0.2) is 16.8 Å². The van der Waals surface area contributed by atoms with E-state index in [9.17, 15) is 16.8 Å². The molecule has 0 radical (unpaired) electrons. The molecule has 1 heterocycles. The predicted molar refractivity (Wildman–Crippen MR) is 70.3 cm³/mol. The zero-order chi connectivity index (χ0) is 13.8. The first kappa shape index (κ1) is 15.8. The Morgan fingerprint density at radius 3 is 1.94 bits per heavy atom. The number of nitrogens with one attached hydrogen (secondary N) is 1. The van der Waals surface area contributed by atoms with Gasteiger partial charge in [-0.1, -0.05) is 6.92 Å². The molecule has 0 aliphatic carbocycles. The van der Waals surface area contributed by atoms with Crippen LogP contribution in [0.2, 0.25) is 0 Å². The normalized spacial score (nSPS) is 20.1. The van der Waals surface area contributed by atoms with Gasteiger partial charge in [0.15, 0.2) is 0 Å². The van der Waals surface area contributed by atoms with Crippen molar-refractivity contribution in [3.8, 4) is 0 Å². The quantitative estimate of drug-likeness (QED) is 0.603. The van der Waals surface area contributed by atoms with Crippen LogP contribution in [0, 0.1) is 0 Å². The van der Waals surface area contributed by atoms with E-state index in [4.69, 9.17) is 0 Å². The molecular formula is C9H21N3O4S2. The second-order valence-corrected chi connectivity index (χ2v) is 8.30. The van der Waals surface area contributed by atoms with Crippen molar-refractivity contribution < 1.29 is 16.8 Å². The summed E-state index contributed by atoms with van der Waals surface area (Å²) in [6.07, 6.45) is 1.14. The maximum absolute atomic E-state index is 11.9. The Balaban J connectivity index is 2.52. The first-order valence-electron chi connectivity index (χ1n) is 5.91. The minimum absolute atomic E-state index is 0.0553. The number of sulfonamides is 2. The van der Waals surface area contributed by atoms with Gasteiger partial charge in [0.1, 0.15) is 0 Å². The van der Waals surface area contributed by atoms with Crippen LogP contribution in [-0.4, -0.2) is 76.7 Å². The predicted octanol–water partition coefficient (Wildman–Crippen LogP) is -1.50. The van der Waals surface area contributed by atoms with Crippen LogP contribution in [0.3, 0.4) is 0 Å². The molecule has 0 aromatic rings. The van der Waals surface area contributed by atoms with Crippen molar-refractivity contribution in [2.75, 3.05) is 51.3 Å². The first-order valence-corrected chi connectivity index (χ1v) is 9.37. The van der Waals surface area contributed by atoms with Crippen LogP contribution in [0.4, 0.5) is 0 Å². The average molecular weight is 299 g/mol. The minimum atomic E-state index is -3.28. The minimum Gasteiger partial charge on any atom is -0.316 e. The van der Waals surface area contributed by atoms with Crippen LogP contribution in [-0.2, 0) is 20.0 Å². The second kappa shape index (κ2) is 6.29. The molecule has 0 amide bonds. The van der Waals surface area contributed by atoms with E-state index in [1.165, 1.54) is 8.61 Å². The van der Waals surface area contributed by atoms with Crippen LogP contribution in [0.5, 0.6) is 0 Å². The zero-order valence-corrected chi connectivity index (χ0v) is 12.4. The Labute approximate surface area is 109 Å². The summed E-state index contributed by atoms with van der Waals surface area (Å²) >= 11 is 0. The third kappa shape index (κ3) is 4.47. The molecule has 7 nitrogen and oxygen atoms in total. The number of nitrogens with zero attached hydrogens (tertiary/aromatic N) is 2. The molecule has 9 heteroatoms. The summed E-state index contributed by atoms with van der Waals surface area (Å²) < 4.78 is 49.1. The van der Waals surface area contributed by atoms with E-state index in [1.54, 1.807) is 0 Å². The highest BCUT2D eigenvalue weighted by Crippen LogP contribution is 2.10. The fourth-order valence-electron chi connectivity index (χ4n) is 1.79. The Morgan fingerprint density at radius 1 is 1.00 bits per heavy atom. The van der Waals surface area contributed by atoms with Gasteiger partial charge in [0.05, 0.1) is 12.0 Å². The highest BCUT2D eigenvalue weighted by atomic mass is 32.2. The molecule has 1 N–H and O–H groups in total. The Hall–Kier alpha value is -0.220. The molecule has 0 aromatic carbocycles. The van der Waals surface area contributed by atoms with E-state index in [0.29, 0.717) is 6.54 Å². The van der Waals surface area contributed by atoms with E-state index in [0.717, 1.165) is 12.8 Å². The molecular weight excluding hydrogens is 278 g/mol. The fraction of sp³-hybridized carbons (Fsp3) is 1.00. The average Bonchev–Trinajstić information content (AvgIpc) is 2.28. The van der Waals surface area contributed by atoms with Crippen molar-refractivity contribution >= 4 is 20.0 Å². The first-order chi connectivity index (χ1) is 8.27. The topological polar surface area (TPSA) is 86.8 Å². The summed E-state index contributed by atoms with van der Waals surface area (Å²) in [5.74, 6) is 0.0553. The number of piperazine rings is 1. The molecule has 0 atom stereocenters. The molecule has 0 aromatic heterocycles. The maximum atomic E-state index is 11.9. The van der Waals surface area contributed by atoms with Gasteiger partial charge in [-0.2, -0.15) is 8.61 Å². The summed E-state index contributed by atoms with van der Waals surface area (Å²) in [6, 6.07) is 0. The van der Waals surface area contributed by atoms with Crippen molar-refractivity contribution in [1.29, 1.82) is 0 Å². The van der Waals surface area contributed by atoms with Crippen molar-refractivity contribution in [3.63, 3.8) is 0 Å². The molecule has 1 rings (SSSR count). The molecule has 0 bridgehead atoms. The molecule has 1 aliphatic heterocycles. The van der Waals surface area contributed by atoms with Crippen LogP contribution in [0.1, 0.15) is 6.92 Å². The van der Waals surface area contributed by atoms with Crippen molar-refractivity contribution in [1.82, 2.24) is 13.9 Å².